The van der Waals surface area contributed by atoms with Crippen LogP contribution in [0.2, 0.25) is 0 Å². The molecule has 214 valence electrons. The van der Waals surface area contributed by atoms with Gasteiger partial charge in [-0.2, -0.15) is 0 Å². The normalized spacial score (nSPS) is 40.5. The van der Waals surface area contributed by atoms with Gasteiger partial charge in [0.1, 0.15) is 24.4 Å². The molecular formula is C28H36O11. The van der Waals surface area contributed by atoms with Gasteiger partial charge in [-0.1, -0.05) is 6.92 Å². The third kappa shape index (κ3) is 4.34. The zero-order valence-electron chi connectivity index (χ0n) is 22.9. The molecule has 39 heavy (non-hydrogen) atoms. The fourth-order valence-corrected chi connectivity index (χ4v) is 7.94. The number of fused-ring (bicyclic) bond motifs is 3. The molecule has 4 fully saturated rings. The Hall–Kier alpha value is -2.92. The first kappa shape index (κ1) is 27.6. The van der Waals surface area contributed by atoms with E-state index in [4.69, 9.17) is 32.8 Å². The van der Waals surface area contributed by atoms with Crippen LogP contribution in [0.1, 0.15) is 72.0 Å². The number of hydrogen-bond acceptors (Lipinski definition) is 11. The summed E-state index contributed by atoms with van der Waals surface area (Å²) in [6.45, 7) is 7.48. The second-order valence-electron chi connectivity index (χ2n) is 11.4. The van der Waals surface area contributed by atoms with Crippen LogP contribution in [-0.4, -0.2) is 61.2 Å². The Bertz CT molecular complexity index is 1120. The number of esters is 4. The number of furan rings is 1. The Morgan fingerprint density at radius 2 is 1.62 bits per heavy atom. The summed E-state index contributed by atoms with van der Waals surface area (Å²) in [7, 11) is 0. The lowest BCUT2D eigenvalue weighted by Gasteiger charge is -2.63. The van der Waals surface area contributed by atoms with Gasteiger partial charge in [0.15, 0.2) is 0 Å². The summed E-state index contributed by atoms with van der Waals surface area (Å²) in [6, 6.07) is 1.82. The molecule has 0 radical (unpaired) electrons. The summed E-state index contributed by atoms with van der Waals surface area (Å²) < 4.78 is 41.4. The van der Waals surface area contributed by atoms with Crippen molar-refractivity contribution in [1.82, 2.24) is 0 Å². The van der Waals surface area contributed by atoms with Gasteiger partial charge < -0.3 is 32.8 Å². The zero-order valence-corrected chi connectivity index (χ0v) is 22.9. The molecule has 11 nitrogen and oxygen atoms in total. The molecule has 2 aliphatic heterocycles. The van der Waals surface area contributed by atoms with Gasteiger partial charge in [0.2, 0.25) is 6.29 Å². The van der Waals surface area contributed by atoms with Crippen LogP contribution in [0, 0.1) is 22.7 Å². The van der Waals surface area contributed by atoms with E-state index in [0.717, 1.165) is 5.56 Å². The molecule has 1 aromatic rings. The lowest BCUT2D eigenvalue weighted by atomic mass is 9.42. The molecule has 0 amide bonds. The number of carbonyl (C=O) groups is 4. The summed E-state index contributed by atoms with van der Waals surface area (Å²) >= 11 is 0. The fourth-order valence-electron chi connectivity index (χ4n) is 7.94. The maximum atomic E-state index is 12.4. The van der Waals surface area contributed by atoms with Crippen molar-refractivity contribution >= 4 is 23.9 Å². The maximum Gasteiger partial charge on any atom is 0.304 e. The fraction of sp³-hybridized carbons (Fsp3) is 0.714. The third-order valence-corrected chi connectivity index (χ3v) is 9.40. The topological polar surface area (TPSA) is 140 Å². The molecule has 0 N–H and O–H groups in total. The van der Waals surface area contributed by atoms with Crippen molar-refractivity contribution in [2.45, 2.75) is 90.5 Å². The van der Waals surface area contributed by atoms with Crippen LogP contribution in [0.15, 0.2) is 23.0 Å². The van der Waals surface area contributed by atoms with Crippen molar-refractivity contribution in [1.29, 1.82) is 0 Å². The summed E-state index contributed by atoms with van der Waals surface area (Å²) in [6.07, 6.45) is 2.31. The van der Waals surface area contributed by atoms with E-state index in [1.165, 1.54) is 27.7 Å². The van der Waals surface area contributed by atoms with Crippen molar-refractivity contribution < 1.29 is 52.0 Å². The van der Waals surface area contributed by atoms with Gasteiger partial charge in [0.05, 0.1) is 30.7 Å². The van der Waals surface area contributed by atoms with Crippen LogP contribution in [0.5, 0.6) is 0 Å². The standard InChI is InChI=1S/C28H36O11/c1-15-10-24(37-18(4)31)27(13-34-16(2)29)22(6-7-23(36-17(3)30)28(27)14-35-28)26(15)11-21(20-8-9-33-12-20)39-25(26)38-19(5)32/h8-9,12,15,21-25H,6-7,10-11,13-14H2,1-5H3/t15-,21+,22-,23+,24+,25+,26+,27+,28-/m1/s1. The molecule has 3 heterocycles. The van der Waals surface area contributed by atoms with Crippen molar-refractivity contribution in [2.24, 2.45) is 22.7 Å². The van der Waals surface area contributed by atoms with Gasteiger partial charge >= 0.3 is 23.9 Å². The Labute approximate surface area is 226 Å². The van der Waals surface area contributed by atoms with E-state index in [1.54, 1.807) is 12.5 Å². The molecule has 9 atom stereocenters. The van der Waals surface area contributed by atoms with Crippen LogP contribution >= 0.6 is 0 Å². The van der Waals surface area contributed by atoms with Gasteiger partial charge in [0, 0.05) is 38.7 Å². The molecule has 2 saturated carbocycles. The minimum atomic E-state index is -1.09. The molecular weight excluding hydrogens is 512 g/mol. The SMILES string of the molecule is CC(=O)OC[C@@]12[C@@H](OC(C)=O)C[C@@H](C)[C@@]3(C[C@@H](c4ccoc4)O[C@@H]3OC(C)=O)[C@H]1CC[C@H](OC(C)=O)[C@]21CO1. The molecule has 2 aliphatic carbocycles. The van der Waals surface area contributed by atoms with E-state index in [9.17, 15) is 19.2 Å². The van der Waals surface area contributed by atoms with Gasteiger partial charge in [-0.15, -0.1) is 0 Å². The second-order valence-corrected chi connectivity index (χ2v) is 11.4. The second kappa shape index (κ2) is 9.92. The third-order valence-electron chi connectivity index (χ3n) is 9.40. The first-order valence-corrected chi connectivity index (χ1v) is 13.4. The van der Waals surface area contributed by atoms with Crippen molar-refractivity contribution in [3.8, 4) is 0 Å². The van der Waals surface area contributed by atoms with Crippen LogP contribution < -0.4 is 0 Å². The molecule has 0 bridgehead atoms. The number of hydrogen-bond donors (Lipinski definition) is 0. The van der Waals surface area contributed by atoms with Crippen molar-refractivity contribution in [2.75, 3.05) is 13.2 Å². The molecule has 2 saturated heterocycles. The smallest absolute Gasteiger partial charge is 0.304 e. The number of epoxide rings is 1. The van der Waals surface area contributed by atoms with E-state index < -0.39 is 64.9 Å². The minimum Gasteiger partial charge on any atom is -0.472 e. The molecule has 5 rings (SSSR count). The first-order valence-electron chi connectivity index (χ1n) is 13.4. The van der Waals surface area contributed by atoms with Gasteiger partial charge in [-0.05, 0) is 43.6 Å². The van der Waals surface area contributed by atoms with Crippen LogP contribution in [-0.2, 0) is 47.6 Å². The highest BCUT2D eigenvalue weighted by Gasteiger charge is 2.81. The first-order chi connectivity index (χ1) is 18.5. The maximum absolute atomic E-state index is 12.4. The highest BCUT2D eigenvalue weighted by Crippen LogP contribution is 2.72. The molecule has 0 unspecified atom stereocenters. The Morgan fingerprint density at radius 1 is 0.949 bits per heavy atom. The quantitative estimate of drug-likeness (QED) is 0.294. The lowest BCUT2D eigenvalue weighted by molar-refractivity contribution is -0.281. The summed E-state index contributed by atoms with van der Waals surface area (Å²) in [5.41, 5.74) is -2.10. The van der Waals surface area contributed by atoms with Gasteiger partial charge in [0.25, 0.3) is 0 Å². The number of rotatable bonds is 6. The predicted molar refractivity (Wildman–Crippen MR) is 131 cm³/mol. The van der Waals surface area contributed by atoms with Crippen LogP contribution in [0.4, 0.5) is 0 Å². The average Bonchev–Trinajstić information content (AvgIpc) is 3.28. The molecule has 0 aromatic carbocycles. The van der Waals surface area contributed by atoms with E-state index in [-0.39, 0.29) is 25.0 Å². The van der Waals surface area contributed by atoms with Gasteiger partial charge in [-0.3, -0.25) is 19.2 Å². The molecule has 4 aliphatic rings. The van der Waals surface area contributed by atoms with E-state index in [2.05, 4.69) is 0 Å². The monoisotopic (exact) mass is 548 g/mol. The molecule has 2 spiro atoms. The number of carbonyl (C=O) groups excluding carboxylic acids is 4. The van der Waals surface area contributed by atoms with Crippen molar-refractivity contribution in [3.05, 3.63) is 24.2 Å². The Kier molecular flexibility index (Phi) is 7.03. The number of ether oxygens (including phenoxy) is 6. The van der Waals surface area contributed by atoms with Crippen LogP contribution in [0.25, 0.3) is 0 Å². The van der Waals surface area contributed by atoms with E-state index in [1.807, 2.05) is 13.0 Å². The largest absolute Gasteiger partial charge is 0.472 e. The van der Waals surface area contributed by atoms with Crippen LogP contribution in [0.3, 0.4) is 0 Å². The molecule has 11 heteroatoms. The van der Waals surface area contributed by atoms with Gasteiger partial charge in [-0.25, -0.2) is 0 Å². The highest BCUT2D eigenvalue weighted by atomic mass is 16.7. The zero-order chi connectivity index (χ0) is 28.2. The summed E-state index contributed by atoms with van der Waals surface area (Å²) in [5, 5.41) is 0. The predicted octanol–water partition coefficient (Wildman–Crippen LogP) is 3.25. The Balaban J connectivity index is 1.69. The summed E-state index contributed by atoms with van der Waals surface area (Å²) in [5.74, 6) is -2.42. The van der Waals surface area contributed by atoms with E-state index >= 15 is 0 Å². The minimum absolute atomic E-state index is 0.125. The van der Waals surface area contributed by atoms with E-state index in [0.29, 0.717) is 25.7 Å². The Morgan fingerprint density at radius 3 is 2.18 bits per heavy atom. The highest BCUT2D eigenvalue weighted by molar-refractivity contribution is 5.68. The average molecular weight is 549 g/mol. The van der Waals surface area contributed by atoms with Crippen molar-refractivity contribution in [3.63, 3.8) is 0 Å². The lowest BCUT2D eigenvalue weighted by Crippen LogP contribution is -2.72. The molecule has 1 aromatic heterocycles. The summed E-state index contributed by atoms with van der Waals surface area (Å²) in [4.78, 5) is 49.1.